The molecule has 0 aliphatic carbocycles. The van der Waals surface area contributed by atoms with Gasteiger partial charge in [-0.25, -0.2) is 9.97 Å². The van der Waals surface area contributed by atoms with E-state index in [1.165, 1.54) is 6.33 Å². The Balaban J connectivity index is 1.76. The number of aromatic nitrogens is 2. The van der Waals surface area contributed by atoms with Crippen LogP contribution < -0.4 is 15.8 Å². The summed E-state index contributed by atoms with van der Waals surface area (Å²) < 4.78 is 0. The van der Waals surface area contributed by atoms with Gasteiger partial charge in [0.1, 0.15) is 6.33 Å². The Hall–Kier alpha value is -4.46. The molecule has 1 aromatic heterocycles. The smallest absolute Gasteiger partial charge is 0.334 e. The van der Waals surface area contributed by atoms with Crippen molar-refractivity contribution in [3.63, 3.8) is 0 Å². The van der Waals surface area contributed by atoms with E-state index in [0.717, 1.165) is 29.0 Å². The molecule has 0 amide bonds. The first kappa shape index (κ1) is 20.8. The van der Waals surface area contributed by atoms with E-state index in [0.29, 0.717) is 0 Å². The molecule has 0 aliphatic rings. The van der Waals surface area contributed by atoms with Crippen molar-refractivity contribution >= 4 is 34.4 Å². The molecule has 4 aromatic rings. The van der Waals surface area contributed by atoms with Crippen LogP contribution in [0.5, 0.6) is 0 Å². The highest BCUT2D eigenvalue weighted by molar-refractivity contribution is 5.77. The number of hydrogen-bond donors (Lipinski definition) is 2. The molecule has 2 N–H and O–H groups in total. The van der Waals surface area contributed by atoms with Crippen molar-refractivity contribution in [3.8, 4) is 0 Å². The lowest BCUT2D eigenvalue weighted by molar-refractivity contribution is -0.383. The maximum Gasteiger partial charge on any atom is 0.355 e. The Kier molecular flexibility index (Phi) is 6.22. The SMILES string of the molecule is CCc1ccccc1Nc1ncnc(NN(c2ccccc2)c2ccccc2)c1[N+](=O)[O-]. The van der Waals surface area contributed by atoms with E-state index >= 15 is 0 Å². The predicted octanol–water partition coefficient (Wildman–Crippen LogP) is 5.86. The lowest BCUT2D eigenvalue weighted by atomic mass is 10.1. The van der Waals surface area contributed by atoms with E-state index in [-0.39, 0.29) is 17.3 Å². The third-order valence-corrected chi connectivity index (χ3v) is 4.90. The minimum atomic E-state index is -0.479. The molecule has 0 fully saturated rings. The molecule has 8 nitrogen and oxygen atoms in total. The first-order valence-electron chi connectivity index (χ1n) is 10.2. The minimum absolute atomic E-state index is 0.0779. The molecular weight excluding hydrogens is 404 g/mol. The van der Waals surface area contributed by atoms with Crippen LogP contribution in [0.4, 0.5) is 34.4 Å². The third-order valence-electron chi connectivity index (χ3n) is 4.90. The highest BCUT2D eigenvalue weighted by Crippen LogP contribution is 2.34. The van der Waals surface area contributed by atoms with E-state index < -0.39 is 4.92 Å². The largest absolute Gasteiger partial charge is 0.355 e. The third kappa shape index (κ3) is 4.49. The Morgan fingerprint density at radius 1 is 0.844 bits per heavy atom. The van der Waals surface area contributed by atoms with Crippen LogP contribution >= 0.6 is 0 Å². The summed E-state index contributed by atoms with van der Waals surface area (Å²) in [6.07, 6.45) is 2.09. The van der Waals surface area contributed by atoms with Crippen molar-refractivity contribution in [2.45, 2.75) is 13.3 Å². The van der Waals surface area contributed by atoms with Gasteiger partial charge in [0, 0.05) is 5.69 Å². The van der Waals surface area contributed by atoms with Gasteiger partial charge >= 0.3 is 5.69 Å². The summed E-state index contributed by atoms with van der Waals surface area (Å²) in [6, 6.07) is 26.7. The van der Waals surface area contributed by atoms with Crippen LogP contribution in [0.1, 0.15) is 12.5 Å². The van der Waals surface area contributed by atoms with Gasteiger partial charge in [0.2, 0.25) is 11.6 Å². The molecule has 0 saturated carbocycles. The van der Waals surface area contributed by atoms with Gasteiger partial charge in [-0.2, -0.15) is 0 Å². The van der Waals surface area contributed by atoms with Crippen molar-refractivity contribution < 1.29 is 4.92 Å². The second-order valence-electron chi connectivity index (χ2n) is 6.93. The van der Waals surface area contributed by atoms with E-state index in [1.54, 1.807) is 5.01 Å². The molecule has 1 heterocycles. The molecule has 0 radical (unpaired) electrons. The number of hydrazine groups is 1. The minimum Gasteiger partial charge on any atom is -0.334 e. The Morgan fingerprint density at radius 2 is 1.41 bits per heavy atom. The monoisotopic (exact) mass is 426 g/mol. The van der Waals surface area contributed by atoms with E-state index in [4.69, 9.17) is 0 Å². The Morgan fingerprint density at radius 3 is 2.00 bits per heavy atom. The Bertz CT molecular complexity index is 1160. The van der Waals surface area contributed by atoms with Gasteiger partial charge in [0.15, 0.2) is 0 Å². The second kappa shape index (κ2) is 9.57. The van der Waals surface area contributed by atoms with E-state index in [1.807, 2.05) is 91.9 Å². The van der Waals surface area contributed by atoms with Crippen LogP contribution in [0.15, 0.2) is 91.3 Å². The van der Waals surface area contributed by atoms with Crippen LogP contribution in [0.3, 0.4) is 0 Å². The molecule has 4 rings (SSSR count). The van der Waals surface area contributed by atoms with Crippen LogP contribution in [0.25, 0.3) is 0 Å². The van der Waals surface area contributed by atoms with Gasteiger partial charge in [0.25, 0.3) is 0 Å². The number of nitrogens with one attached hydrogen (secondary N) is 2. The average molecular weight is 426 g/mol. The number of anilines is 5. The molecule has 8 heteroatoms. The number of nitrogens with zero attached hydrogens (tertiary/aromatic N) is 4. The number of rotatable bonds is 8. The molecule has 160 valence electrons. The molecule has 0 aliphatic heterocycles. The van der Waals surface area contributed by atoms with E-state index in [2.05, 4.69) is 20.7 Å². The predicted molar refractivity (Wildman–Crippen MR) is 126 cm³/mol. The lowest BCUT2D eigenvalue weighted by Crippen LogP contribution is -2.26. The van der Waals surface area contributed by atoms with Crippen molar-refractivity contribution in [3.05, 3.63) is 107 Å². The summed E-state index contributed by atoms with van der Waals surface area (Å²) in [5, 5.41) is 16.9. The number of hydrogen-bond acceptors (Lipinski definition) is 7. The highest BCUT2D eigenvalue weighted by atomic mass is 16.6. The molecule has 0 unspecified atom stereocenters. The molecule has 0 spiro atoms. The first-order chi connectivity index (χ1) is 15.7. The highest BCUT2D eigenvalue weighted by Gasteiger charge is 2.25. The Labute approximate surface area is 185 Å². The van der Waals surface area contributed by atoms with Crippen molar-refractivity contribution in [1.29, 1.82) is 0 Å². The number of aryl methyl sites for hydroxylation is 1. The van der Waals surface area contributed by atoms with Crippen LogP contribution in [-0.2, 0) is 6.42 Å². The van der Waals surface area contributed by atoms with Gasteiger partial charge in [-0.1, -0.05) is 61.5 Å². The summed E-state index contributed by atoms with van der Waals surface area (Å²) in [5.41, 5.74) is 6.28. The summed E-state index contributed by atoms with van der Waals surface area (Å²) in [6.45, 7) is 2.03. The van der Waals surface area contributed by atoms with Gasteiger partial charge < -0.3 is 5.32 Å². The fraction of sp³-hybridized carbons (Fsp3) is 0.0833. The summed E-state index contributed by atoms with van der Waals surface area (Å²) >= 11 is 0. The summed E-state index contributed by atoms with van der Waals surface area (Å²) in [7, 11) is 0. The van der Waals surface area contributed by atoms with Gasteiger partial charge in [0.05, 0.1) is 16.3 Å². The van der Waals surface area contributed by atoms with Gasteiger partial charge in [-0.3, -0.25) is 20.5 Å². The zero-order valence-electron chi connectivity index (χ0n) is 17.5. The zero-order chi connectivity index (χ0) is 22.3. The van der Waals surface area contributed by atoms with Crippen molar-refractivity contribution in [2.24, 2.45) is 0 Å². The number of nitro groups is 1. The van der Waals surface area contributed by atoms with Crippen LogP contribution in [0, 0.1) is 10.1 Å². The average Bonchev–Trinajstić information content (AvgIpc) is 2.84. The van der Waals surface area contributed by atoms with Crippen molar-refractivity contribution in [2.75, 3.05) is 15.8 Å². The fourth-order valence-electron chi connectivity index (χ4n) is 3.34. The molecule has 0 saturated heterocycles. The summed E-state index contributed by atoms with van der Waals surface area (Å²) in [5.74, 6) is 0.198. The van der Waals surface area contributed by atoms with Gasteiger partial charge in [-0.15, -0.1) is 0 Å². The molecule has 0 atom stereocenters. The molecule has 3 aromatic carbocycles. The standard InChI is InChI=1S/C24H22N6O2/c1-2-18-11-9-10-16-21(18)27-23-22(30(31)32)24(26-17-25-23)28-29(19-12-5-3-6-13-19)20-14-7-4-8-15-20/h3-17H,2H2,1H3,(H2,25,26,27,28). The number of benzene rings is 3. The van der Waals surface area contributed by atoms with Crippen LogP contribution in [-0.4, -0.2) is 14.9 Å². The topological polar surface area (TPSA) is 96.2 Å². The quantitative estimate of drug-likeness (QED) is 0.269. The second-order valence-corrected chi connectivity index (χ2v) is 6.93. The van der Waals surface area contributed by atoms with Crippen LogP contribution in [0.2, 0.25) is 0 Å². The molecular formula is C24H22N6O2. The fourth-order valence-corrected chi connectivity index (χ4v) is 3.34. The maximum atomic E-state index is 12.1. The molecule has 0 bridgehead atoms. The summed E-state index contributed by atoms with van der Waals surface area (Å²) in [4.78, 5) is 19.9. The van der Waals surface area contributed by atoms with E-state index in [9.17, 15) is 10.1 Å². The normalized spacial score (nSPS) is 10.4. The lowest BCUT2D eigenvalue weighted by Gasteiger charge is -2.26. The van der Waals surface area contributed by atoms with Crippen molar-refractivity contribution in [1.82, 2.24) is 9.97 Å². The van der Waals surface area contributed by atoms with Gasteiger partial charge in [-0.05, 0) is 42.3 Å². The number of para-hydroxylation sites is 3. The first-order valence-corrected chi connectivity index (χ1v) is 10.2. The molecule has 32 heavy (non-hydrogen) atoms. The zero-order valence-corrected chi connectivity index (χ0v) is 17.5. The maximum absolute atomic E-state index is 12.1.